The summed E-state index contributed by atoms with van der Waals surface area (Å²) in [6, 6.07) is -31.7. The minimum absolute atomic E-state index is 0.581. The second-order valence-corrected chi connectivity index (χ2v) is 11.5. The molecular formula is C52H32O. The van der Waals surface area contributed by atoms with Crippen molar-refractivity contribution in [2.45, 2.75) is 0 Å². The fourth-order valence-electron chi connectivity index (χ4n) is 6.37. The van der Waals surface area contributed by atoms with E-state index in [-0.39, 0.29) is 0 Å². The lowest BCUT2D eigenvalue weighted by molar-refractivity contribution is 0.670. The lowest BCUT2D eigenvalue weighted by Crippen LogP contribution is -1.92. The highest BCUT2D eigenvalue weighted by Crippen LogP contribution is 2.48. The molecule has 0 fully saturated rings. The molecule has 0 saturated carbocycles. The number of rotatable bonds is 4. The summed E-state index contributed by atoms with van der Waals surface area (Å²) in [4.78, 5) is 0. The van der Waals surface area contributed by atoms with Crippen molar-refractivity contribution in [3.8, 4) is 44.5 Å². The summed E-state index contributed by atoms with van der Waals surface area (Å²) in [5.74, 6) is 0. The number of para-hydroxylation sites is 1. The summed E-state index contributed by atoms with van der Waals surface area (Å²) < 4.78 is 298. The quantitative estimate of drug-likeness (QED) is 0.166. The fourth-order valence-corrected chi connectivity index (χ4v) is 6.37. The van der Waals surface area contributed by atoms with Gasteiger partial charge in [-0.15, -0.1) is 0 Å². The zero-order valence-electron chi connectivity index (χ0n) is 58.4. The Labute approximate surface area is 352 Å². The molecule has 11 aromatic rings. The van der Waals surface area contributed by atoms with E-state index < -0.39 is 303 Å². The first-order valence-electron chi connectivity index (χ1n) is 31.7. The lowest BCUT2D eigenvalue weighted by atomic mass is 9.84. The minimum atomic E-state index is -1.17. The maximum absolute atomic E-state index is 10.2. The third-order valence-corrected chi connectivity index (χ3v) is 8.62. The standard InChI is InChI=1S/C52H32O/c1-2-14-35(15-3-1)49-42-18-8-9-19-43(42)50(44-29-28-39(32-47(44)49)38-26-24-33-12-4-6-16-36(33)30-38)45-21-10-22-46-51-41(20-11-23-48(51)53-52(45)46)40-27-25-34-13-5-7-17-37(34)31-40/h1-32H/i1D,2D,3D,4D,5D,6D,7D,8D,9D,10D,11D,12D,13D,14D,15D,16D,17D,18D,19D,20D,21D,22D,23D,24D,25D,26D,27D,28D,29D,30D,31D,32D. The fraction of sp³-hybridized carbons (Fsp3) is 0. The largest absolute Gasteiger partial charge is 0.455 e. The molecule has 0 aliphatic carbocycles. The van der Waals surface area contributed by atoms with Crippen LogP contribution in [0, 0.1) is 0 Å². The molecule has 1 aromatic heterocycles. The first-order chi connectivity index (χ1) is 39.6. The maximum Gasteiger partial charge on any atom is 0.143 e. The third-order valence-electron chi connectivity index (χ3n) is 8.62. The van der Waals surface area contributed by atoms with E-state index in [1.807, 2.05) is 0 Å². The molecule has 1 heteroatoms. The van der Waals surface area contributed by atoms with Crippen molar-refractivity contribution in [2.24, 2.45) is 0 Å². The van der Waals surface area contributed by atoms with Crippen LogP contribution in [0.2, 0.25) is 0 Å². The molecule has 0 saturated heterocycles. The molecule has 1 nitrogen and oxygen atoms in total. The Morgan fingerprint density at radius 3 is 1.64 bits per heavy atom. The molecule has 1 heterocycles. The zero-order valence-corrected chi connectivity index (χ0v) is 26.4. The van der Waals surface area contributed by atoms with Crippen LogP contribution in [0.25, 0.3) is 110 Å². The minimum Gasteiger partial charge on any atom is -0.455 e. The first-order valence-corrected chi connectivity index (χ1v) is 15.7. The van der Waals surface area contributed by atoms with Gasteiger partial charge in [-0.3, -0.25) is 0 Å². The molecule has 0 radical (unpaired) electrons. The van der Waals surface area contributed by atoms with E-state index in [0.717, 1.165) is 0 Å². The van der Waals surface area contributed by atoms with Gasteiger partial charge in [0.25, 0.3) is 0 Å². The normalized spacial score (nSPS) is 20.2. The highest BCUT2D eigenvalue weighted by molar-refractivity contribution is 6.25. The van der Waals surface area contributed by atoms with Gasteiger partial charge < -0.3 is 4.42 Å². The van der Waals surface area contributed by atoms with Crippen molar-refractivity contribution < 1.29 is 48.3 Å². The average molecular weight is 705 g/mol. The van der Waals surface area contributed by atoms with Crippen LogP contribution in [0.4, 0.5) is 0 Å². The summed E-state index contributed by atoms with van der Waals surface area (Å²) in [7, 11) is 0. The van der Waals surface area contributed by atoms with Crippen LogP contribution in [-0.4, -0.2) is 0 Å². The highest BCUT2D eigenvalue weighted by atomic mass is 16.3. The van der Waals surface area contributed by atoms with Gasteiger partial charge in [0.1, 0.15) is 11.2 Å². The monoisotopic (exact) mass is 704 g/mol. The molecule has 0 bridgehead atoms. The molecule has 0 N–H and O–H groups in total. The van der Waals surface area contributed by atoms with Gasteiger partial charge in [0.2, 0.25) is 0 Å². The van der Waals surface area contributed by atoms with E-state index in [1.54, 1.807) is 0 Å². The smallest absolute Gasteiger partial charge is 0.143 e. The number of hydrogen-bond donors (Lipinski definition) is 0. The van der Waals surface area contributed by atoms with Gasteiger partial charge >= 0.3 is 0 Å². The molecule has 53 heavy (non-hydrogen) atoms. The predicted octanol–water partition coefficient (Wildman–Crippen LogP) is 14.9. The van der Waals surface area contributed by atoms with E-state index in [0.29, 0.717) is 0 Å². The number of benzene rings is 10. The number of furan rings is 1. The van der Waals surface area contributed by atoms with E-state index in [9.17, 15) is 20.6 Å². The van der Waals surface area contributed by atoms with Crippen LogP contribution in [0.5, 0.6) is 0 Å². The molecule has 246 valence electrons. The van der Waals surface area contributed by atoms with Gasteiger partial charge in [0.05, 0.1) is 43.9 Å². The average Bonchev–Trinajstić information content (AvgIpc) is 1.61. The second kappa shape index (κ2) is 11.8. The molecule has 0 atom stereocenters. The summed E-state index contributed by atoms with van der Waals surface area (Å²) >= 11 is 0. The molecule has 0 spiro atoms. The second-order valence-electron chi connectivity index (χ2n) is 11.5. The van der Waals surface area contributed by atoms with Crippen molar-refractivity contribution in [3.63, 3.8) is 0 Å². The highest BCUT2D eigenvalue weighted by Gasteiger charge is 2.22. The Morgan fingerprint density at radius 1 is 0.321 bits per heavy atom. The Bertz CT molecular complexity index is 5050. The van der Waals surface area contributed by atoms with Crippen LogP contribution >= 0.6 is 0 Å². The van der Waals surface area contributed by atoms with Crippen molar-refractivity contribution in [2.75, 3.05) is 0 Å². The van der Waals surface area contributed by atoms with Crippen LogP contribution in [0.3, 0.4) is 0 Å². The summed E-state index contributed by atoms with van der Waals surface area (Å²) in [5, 5.41) is -7.31. The van der Waals surface area contributed by atoms with Gasteiger partial charge in [-0.2, -0.15) is 0 Å². The van der Waals surface area contributed by atoms with Crippen molar-refractivity contribution in [3.05, 3.63) is 193 Å². The summed E-state index contributed by atoms with van der Waals surface area (Å²) in [5.41, 5.74) is -8.44. The van der Waals surface area contributed by atoms with E-state index >= 15 is 0 Å². The Hall–Kier alpha value is -6.96. The first kappa shape index (κ1) is 12.0. The third kappa shape index (κ3) is 4.71. The number of fused-ring (bicyclic) bond motifs is 7. The van der Waals surface area contributed by atoms with Gasteiger partial charge in [0, 0.05) is 21.9 Å². The predicted molar refractivity (Wildman–Crippen MR) is 225 cm³/mol. The molecule has 0 aliphatic heterocycles. The molecular weight excluding hydrogens is 641 g/mol. The number of hydrogen-bond acceptors (Lipinski definition) is 1. The van der Waals surface area contributed by atoms with Gasteiger partial charge in [0.15, 0.2) is 0 Å². The van der Waals surface area contributed by atoms with Crippen molar-refractivity contribution in [1.82, 2.24) is 0 Å². The topological polar surface area (TPSA) is 13.1 Å². The SMILES string of the molecule is [2H]c1c([2H])c([2H])c(-c2c3c([2H])c([2H])c([2H])c([2H])c3c(-c3c([2H])c([2H])c([2H])c4c3oc3c([2H])c([2H])c([2H])c(-c5c([2H])c([2H])c6c([2H])c([2H])c([2H])c([2H])c6c5[2H])c34)c3c([2H])c([2H])c(-c4c([2H])c([2H])c5c([2H])c([2H])c([2H])c([2H])c5c4[2H])c([2H])c23)c([2H])c1[2H]. The van der Waals surface area contributed by atoms with E-state index in [1.165, 1.54) is 0 Å². The Balaban J connectivity index is 1.46. The summed E-state index contributed by atoms with van der Waals surface area (Å²) in [6.07, 6.45) is 0. The van der Waals surface area contributed by atoms with E-state index in [4.69, 9.17) is 27.7 Å². The Kier molecular flexibility index (Phi) is 2.68. The van der Waals surface area contributed by atoms with E-state index in [2.05, 4.69) is 0 Å². The maximum atomic E-state index is 10.2. The molecule has 0 aliphatic rings. The van der Waals surface area contributed by atoms with Crippen LogP contribution in [-0.2, 0) is 0 Å². The van der Waals surface area contributed by atoms with Crippen LogP contribution in [0.1, 0.15) is 43.9 Å². The zero-order chi connectivity index (χ0) is 62.7. The summed E-state index contributed by atoms with van der Waals surface area (Å²) in [6.45, 7) is 0. The molecule has 11 rings (SSSR count). The van der Waals surface area contributed by atoms with Crippen molar-refractivity contribution in [1.29, 1.82) is 0 Å². The van der Waals surface area contributed by atoms with Crippen LogP contribution in [0.15, 0.2) is 198 Å². The molecule has 10 aromatic carbocycles. The molecule has 0 unspecified atom stereocenters. The van der Waals surface area contributed by atoms with Gasteiger partial charge in [-0.1, -0.05) is 169 Å². The van der Waals surface area contributed by atoms with Crippen molar-refractivity contribution >= 4 is 65.0 Å². The lowest BCUT2D eigenvalue weighted by Gasteiger charge is -2.19. The van der Waals surface area contributed by atoms with Gasteiger partial charge in [-0.25, -0.2) is 0 Å². The molecule has 0 amide bonds. The Morgan fingerprint density at radius 2 is 0.868 bits per heavy atom. The van der Waals surface area contributed by atoms with Gasteiger partial charge in [-0.05, 0) is 101 Å². The van der Waals surface area contributed by atoms with Crippen LogP contribution < -0.4 is 0 Å².